The minimum absolute atomic E-state index is 0.0431. The maximum Gasteiger partial charge on any atom is 0.239 e. The van der Waals surface area contributed by atoms with Crippen molar-refractivity contribution in [1.29, 1.82) is 0 Å². The predicted molar refractivity (Wildman–Crippen MR) is 78.3 cm³/mol. The highest BCUT2D eigenvalue weighted by atomic mass is 16.5. The molecule has 1 aliphatic rings. The second-order valence-corrected chi connectivity index (χ2v) is 5.25. The quantitative estimate of drug-likeness (QED) is 0.838. The van der Waals surface area contributed by atoms with Gasteiger partial charge in [-0.25, -0.2) is 0 Å². The van der Waals surface area contributed by atoms with Crippen molar-refractivity contribution < 1.29 is 19.4 Å². The molecule has 0 bridgehead atoms. The highest BCUT2D eigenvalue weighted by Gasteiger charge is 2.31. The third-order valence-corrected chi connectivity index (χ3v) is 3.76. The molecule has 6 nitrogen and oxygen atoms in total. The Morgan fingerprint density at radius 2 is 2.24 bits per heavy atom. The van der Waals surface area contributed by atoms with E-state index >= 15 is 0 Å². The van der Waals surface area contributed by atoms with Gasteiger partial charge >= 0.3 is 0 Å². The summed E-state index contributed by atoms with van der Waals surface area (Å²) in [5.74, 6) is 0.545. The molecule has 0 spiro atoms. The minimum Gasteiger partial charge on any atom is -0.504 e. The van der Waals surface area contributed by atoms with Crippen LogP contribution in [0, 0.1) is 0 Å². The van der Waals surface area contributed by atoms with E-state index in [0.717, 1.165) is 5.56 Å². The largest absolute Gasteiger partial charge is 0.504 e. The fourth-order valence-corrected chi connectivity index (χ4v) is 2.51. The van der Waals surface area contributed by atoms with E-state index < -0.39 is 0 Å². The summed E-state index contributed by atoms with van der Waals surface area (Å²) in [6.45, 7) is 1.17. The second-order valence-electron chi connectivity index (χ2n) is 5.25. The number of methoxy groups -OCH3 is 2. The molecule has 1 saturated heterocycles. The van der Waals surface area contributed by atoms with E-state index in [1.165, 1.54) is 7.11 Å². The molecule has 2 N–H and O–H groups in total. The molecule has 0 saturated carbocycles. The number of rotatable bonds is 5. The number of nitrogens with one attached hydrogen (secondary N) is 1. The summed E-state index contributed by atoms with van der Waals surface area (Å²) in [5.41, 5.74) is 0.904. The van der Waals surface area contributed by atoms with Crippen LogP contribution < -0.4 is 10.1 Å². The van der Waals surface area contributed by atoms with Crippen LogP contribution in [-0.2, 0) is 16.1 Å². The molecule has 21 heavy (non-hydrogen) atoms. The molecular weight excluding hydrogens is 272 g/mol. The van der Waals surface area contributed by atoms with E-state index in [1.807, 2.05) is 0 Å². The van der Waals surface area contributed by atoms with E-state index in [0.29, 0.717) is 25.3 Å². The lowest BCUT2D eigenvalue weighted by Gasteiger charge is -2.21. The van der Waals surface area contributed by atoms with Crippen molar-refractivity contribution in [3.63, 3.8) is 0 Å². The Balaban J connectivity index is 1.97. The van der Waals surface area contributed by atoms with Crippen LogP contribution in [-0.4, -0.2) is 55.9 Å². The fourth-order valence-electron chi connectivity index (χ4n) is 2.51. The van der Waals surface area contributed by atoms with Gasteiger partial charge in [0.2, 0.25) is 5.91 Å². The Morgan fingerprint density at radius 3 is 2.86 bits per heavy atom. The average Bonchev–Trinajstić information content (AvgIpc) is 2.97. The molecule has 2 atom stereocenters. The van der Waals surface area contributed by atoms with Crippen molar-refractivity contribution in [3.8, 4) is 11.5 Å². The van der Waals surface area contributed by atoms with E-state index in [-0.39, 0.29) is 23.8 Å². The second kappa shape index (κ2) is 6.78. The Kier molecular flexibility index (Phi) is 5.03. The van der Waals surface area contributed by atoms with Gasteiger partial charge in [0.05, 0.1) is 19.3 Å². The lowest BCUT2D eigenvalue weighted by Crippen LogP contribution is -2.41. The lowest BCUT2D eigenvalue weighted by molar-refractivity contribution is -0.132. The zero-order valence-electron chi connectivity index (χ0n) is 12.6. The molecule has 1 fully saturated rings. The summed E-state index contributed by atoms with van der Waals surface area (Å²) >= 11 is 0. The molecule has 1 aromatic carbocycles. The number of phenolic OH excluding ortho intramolecular Hbond substituents is 1. The number of benzene rings is 1. The number of amides is 1. The summed E-state index contributed by atoms with van der Waals surface area (Å²) in [5, 5.41) is 12.8. The highest BCUT2D eigenvalue weighted by molar-refractivity contribution is 5.82. The van der Waals surface area contributed by atoms with Crippen molar-refractivity contribution in [2.75, 3.05) is 27.8 Å². The molecule has 1 aromatic rings. The number of carbonyl (C=O) groups excluding carboxylic acids is 1. The van der Waals surface area contributed by atoms with Crippen LogP contribution >= 0.6 is 0 Å². The maximum absolute atomic E-state index is 12.4. The van der Waals surface area contributed by atoms with Gasteiger partial charge in [-0.1, -0.05) is 6.07 Å². The highest BCUT2D eigenvalue weighted by Crippen LogP contribution is 2.26. The summed E-state index contributed by atoms with van der Waals surface area (Å²) in [4.78, 5) is 14.0. The lowest BCUT2D eigenvalue weighted by atomic mass is 10.1. The molecule has 1 heterocycles. The zero-order chi connectivity index (χ0) is 15.4. The van der Waals surface area contributed by atoms with Crippen LogP contribution in [0.25, 0.3) is 0 Å². The van der Waals surface area contributed by atoms with Crippen LogP contribution in [0.15, 0.2) is 18.2 Å². The number of nitrogens with zero attached hydrogens (tertiary/aromatic N) is 1. The minimum atomic E-state index is -0.195. The van der Waals surface area contributed by atoms with E-state index in [2.05, 4.69) is 5.32 Å². The fraction of sp³-hybridized carbons (Fsp3) is 0.533. The van der Waals surface area contributed by atoms with Crippen molar-refractivity contribution in [2.24, 2.45) is 0 Å². The molecular formula is C15H22N2O4. The van der Waals surface area contributed by atoms with Gasteiger partial charge in [-0.2, -0.15) is 0 Å². The van der Waals surface area contributed by atoms with Gasteiger partial charge in [-0.05, 0) is 24.1 Å². The molecule has 6 heteroatoms. The third-order valence-electron chi connectivity index (χ3n) is 3.76. The molecule has 0 radical (unpaired) electrons. The summed E-state index contributed by atoms with van der Waals surface area (Å²) in [6.07, 6.45) is 0.791. The number of carbonyl (C=O) groups is 1. The van der Waals surface area contributed by atoms with Gasteiger partial charge in [-0.3, -0.25) is 4.79 Å². The van der Waals surface area contributed by atoms with Crippen molar-refractivity contribution >= 4 is 5.91 Å². The van der Waals surface area contributed by atoms with Crippen LogP contribution in [0.3, 0.4) is 0 Å². The first-order valence-corrected chi connectivity index (χ1v) is 6.92. The van der Waals surface area contributed by atoms with Crippen molar-refractivity contribution in [3.05, 3.63) is 23.8 Å². The monoisotopic (exact) mass is 294 g/mol. The first-order chi connectivity index (χ1) is 10.0. The van der Waals surface area contributed by atoms with Crippen LogP contribution in [0.2, 0.25) is 0 Å². The smallest absolute Gasteiger partial charge is 0.239 e. The normalized spacial score (nSPS) is 21.3. The number of hydrogen-bond donors (Lipinski definition) is 2. The number of phenols is 1. The number of ether oxygens (including phenoxy) is 2. The molecule has 2 rings (SSSR count). The standard InChI is InChI=1S/C15H22N2O4/c1-17(15(19)12-7-11(20-2)8-16-12)9-10-4-5-13(18)14(6-10)21-3/h4-6,11-12,16,18H,7-9H2,1-3H3. The van der Waals surface area contributed by atoms with Crippen LogP contribution in [0.4, 0.5) is 0 Å². The first-order valence-electron chi connectivity index (χ1n) is 6.92. The topological polar surface area (TPSA) is 71.0 Å². The van der Waals surface area contributed by atoms with E-state index in [4.69, 9.17) is 9.47 Å². The van der Waals surface area contributed by atoms with Gasteiger partial charge in [0, 0.05) is 27.2 Å². The van der Waals surface area contributed by atoms with E-state index in [9.17, 15) is 9.90 Å². The number of aromatic hydroxyl groups is 1. The zero-order valence-corrected chi connectivity index (χ0v) is 12.6. The Hall–Kier alpha value is -1.79. The summed E-state index contributed by atoms with van der Waals surface area (Å²) in [6, 6.07) is 4.89. The van der Waals surface area contributed by atoms with Crippen LogP contribution in [0.1, 0.15) is 12.0 Å². The Bertz CT molecular complexity index is 506. The van der Waals surface area contributed by atoms with Crippen LogP contribution in [0.5, 0.6) is 11.5 Å². The van der Waals surface area contributed by atoms with E-state index in [1.54, 1.807) is 37.3 Å². The third kappa shape index (κ3) is 3.65. The van der Waals surface area contributed by atoms with Gasteiger partial charge in [0.15, 0.2) is 11.5 Å². The predicted octanol–water partition coefficient (Wildman–Crippen LogP) is 0.736. The molecule has 0 aromatic heterocycles. The molecule has 116 valence electrons. The summed E-state index contributed by atoms with van der Waals surface area (Å²) < 4.78 is 10.3. The molecule has 1 aliphatic heterocycles. The number of likely N-dealkylation sites (N-methyl/N-ethyl adjacent to an activating group) is 1. The molecule has 1 amide bonds. The van der Waals surface area contributed by atoms with Gasteiger partial charge < -0.3 is 24.8 Å². The SMILES string of the molecule is COc1cc(CN(C)C(=O)C2CC(OC)CN2)ccc1O. The summed E-state index contributed by atoms with van der Waals surface area (Å²) in [7, 11) is 4.93. The number of hydrogen-bond acceptors (Lipinski definition) is 5. The van der Waals surface area contributed by atoms with Crippen molar-refractivity contribution in [2.45, 2.75) is 25.1 Å². The van der Waals surface area contributed by atoms with Gasteiger partial charge in [0.25, 0.3) is 0 Å². The van der Waals surface area contributed by atoms with Crippen molar-refractivity contribution in [1.82, 2.24) is 10.2 Å². The van der Waals surface area contributed by atoms with Gasteiger partial charge in [0.1, 0.15) is 0 Å². The Morgan fingerprint density at radius 1 is 1.48 bits per heavy atom. The molecule has 2 unspecified atom stereocenters. The average molecular weight is 294 g/mol. The Labute approximate surface area is 124 Å². The van der Waals surface area contributed by atoms with Gasteiger partial charge in [-0.15, -0.1) is 0 Å². The molecule has 0 aliphatic carbocycles. The first kappa shape index (κ1) is 15.6. The maximum atomic E-state index is 12.4.